The van der Waals surface area contributed by atoms with Crippen LogP contribution in [0.4, 0.5) is 0 Å². The maximum atomic E-state index is 12.6. The van der Waals surface area contributed by atoms with Gasteiger partial charge in [-0.05, 0) is 31.6 Å². The van der Waals surface area contributed by atoms with E-state index in [1.807, 2.05) is 4.90 Å². The summed E-state index contributed by atoms with van der Waals surface area (Å²) in [6.07, 6.45) is 6.69. The van der Waals surface area contributed by atoms with Crippen LogP contribution < -0.4 is 0 Å². The number of nitrogens with zero attached hydrogens (tertiary/aromatic N) is 2. The molecule has 4 nitrogen and oxygen atoms in total. The Bertz CT molecular complexity index is 348. The molecule has 1 aliphatic carbocycles. The van der Waals surface area contributed by atoms with Crippen LogP contribution >= 0.6 is 0 Å². The second kappa shape index (κ2) is 6.38. The number of carbonyl (C=O) groups is 1. The van der Waals surface area contributed by atoms with Crippen LogP contribution in [-0.2, 0) is 9.53 Å². The van der Waals surface area contributed by atoms with E-state index in [2.05, 4.69) is 6.07 Å². The molecular formula is C15H24N2O2. The van der Waals surface area contributed by atoms with Crippen molar-refractivity contribution < 1.29 is 9.53 Å². The molecular weight excluding hydrogens is 240 g/mol. The molecule has 1 aliphatic heterocycles. The Morgan fingerprint density at radius 3 is 2.47 bits per heavy atom. The second-order valence-corrected chi connectivity index (χ2v) is 5.95. The number of likely N-dealkylation sites (tertiary alicyclic amines) is 1. The monoisotopic (exact) mass is 264 g/mol. The zero-order valence-corrected chi connectivity index (χ0v) is 11.9. The highest BCUT2D eigenvalue weighted by Gasteiger charge is 2.43. The van der Waals surface area contributed by atoms with E-state index in [-0.39, 0.29) is 5.91 Å². The first-order valence-electron chi connectivity index (χ1n) is 7.41. The number of hydrogen-bond acceptors (Lipinski definition) is 3. The second-order valence-electron chi connectivity index (χ2n) is 5.95. The Hall–Kier alpha value is -1.08. The van der Waals surface area contributed by atoms with Gasteiger partial charge >= 0.3 is 0 Å². The fourth-order valence-electron chi connectivity index (χ4n) is 3.37. The normalized spacial score (nSPS) is 23.9. The predicted molar refractivity (Wildman–Crippen MR) is 72.3 cm³/mol. The molecule has 4 heteroatoms. The number of nitriles is 1. The number of ether oxygens (including phenoxy) is 1. The predicted octanol–water partition coefficient (Wildman–Crippen LogP) is 2.35. The first-order chi connectivity index (χ1) is 9.22. The minimum absolute atomic E-state index is 0.0885. The molecule has 0 bridgehead atoms. The van der Waals surface area contributed by atoms with Gasteiger partial charge in [0.1, 0.15) is 5.41 Å². The number of rotatable bonds is 3. The quantitative estimate of drug-likeness (QED) is 0.786. The first kappa shape index (κ1) is 14.3. The van der Waals surface area contributed by atoms with Gasteiger partial charge in [0.15, 0.2) is 0 Å². The molecule has 0 spiro atoms. The van der Waals surface area contributed by atoms with E-state index >= 15 is 0 Å². The molecule has 1 amide bonds. The zero-order valence-electron chi connectivity index (χ0n) is 11.9. The fourth-order valence-corrected chi connectivity index (χ4v) is 3.37. The molecule has 0 radical (unpaired) electrons. The van der Waals surface area contributed by atoms with Crippen molar-refractivity contribution in [2.45, 2.75) is 44.9 Å². The molecule has 0 aromatic heterocycles. The number of methoxy groups -OCH3 is 1. The highest BCUT2D eigenvalue weighted by Crippen LogP contribution is 2.38. The number of carbonyl (C=O) groups excluding carboxylic acids is 1. The van der Waals surface area contributed by atoms with Crippen molar-refractivity contribution in [3.05, 3.63) is 0 Å². The van der Waals surface area contributed by atoms with Crippen molar-refractivity contribution in [1.29, 1.82) is 5.26 Å². The Labute approximate surface area is 115 Å². The van der Waals surface area contributed by atoms with E-state index in [0.29, 0.717) is 5.92 Å². The van der Waals surface area contributed by atoms with Crippen LogP contribution in [0.3, 0.4) is 0 Å². The van der Waals surface area contributed by atoms with Crippen LogP contribution in [0.1, 0.15) is 44.9 Å². The molecule has 1 saturated heterocycles. The van der Waals surface area contributed by atoms with Crippen LogP contribution in [0.2, 0.25) is 0 Å². The molecule has 0 aromatic rings. The topological polar surface area (TPSA) is 53.3 Å². The van der Waals surface area contributed by atoms with Gasteiger partial charge in [-0.1, -0.05) is 19.3 Å². The Morgan fingerprint density at radius 1 is 1.32 bits per heavy atom. The molecule has 0 aromatic carbocycles. The molecule has 0 atom stereocenters. The Kier molecular flexibility index (Phi) is 4.81. The van der Waals surface area contributed by atoms with Crippen molar-refractivity contribution in [3.8, 4) is 6.07 Å². The molecule has 0 N–H and O–H groups in total. The van der Waals surface area contributed by atoms with Gasteiger partial charge in [0.05, 0.1) is 6.07 Å². The summed E-state index contributed by atoms with van der Waals surface area (Å²) in [7, 11) is 1.73. The van der Waals surface area contributed by atoms with Gasteiger partial charge in [0, 0.05) is 26.8 Å². The van der Waals surface area contributed by atoms with Crippen molar-refractivity contribution in [3.63, 3.8) is 0 Å². The van der Waals surface area contributed by atoms with Crippen LogP contribution in [0, 0.1) is 22.7 Å². The van der Waals surface area contributed by atoms with E-state index < -0.39 is 5.41 Å². The van der Waals surface area contributed by atoms with Gasteiger partial charge in [-0.3, -0.25) is 4.79 Å². The van der Waals surface area contributed by atoms with Gasteiger partial charge in [-0.25, -0.2) is 0 Å². The lowest BCUT2D eigenvalue weighted by Crippen LogP contribution is -2.48. The number of hydrogen-bond donors (Lipinski definition) is 0. The van der Waals surface area contributed by atoms with Crippen molar-refractivity contribution in [2.24, 2.45) is 11.3 Å². The summed E-state index contributed by atoms with van der Waals surface area (Å²) in [6.45, 7) is 2.36. The molecule has 1 saturated carbocycles. The average Bonchev–Trinajstić information content (AvgIpc) is 2.48. The summed E-state index contributed by atoms with van der Waals surface area (Å²) in [6, 6.07) is 2.33. The first-order valence-corrected chi connectivity index (χ1v) is 7.41. The summed E-state index contributed by atoms with van der Waals surface area (Å²) in [5.74, 6) is 0.656. The van der Waals surface area contributed by atoms with Crippen molar-refractivity contribution in [2.75, 3.05) is 26.8 Å². The lowest BCUT2D eigenvalue weighted by Gasteiger charge is -2.38. The smallest absolute Gasteiger partial charge is 0.243 e. The van der Waals surface area contributed by atoms with Gasteiger partial charge < -0.3 is 9.64 Å². The lowest BCUT2D eigenvalue weighted by atomic mass is 9.74. The molecule has 0 unspecified atom stereocenters. The highest BCUT2D eigenvalue weighted by atomic mass is 16.5. The maximum absolute atomic E-state index is 12.6. The minimum Gasteiger partial charge on any atom is -0.384 e. The van der Waals surface area contributed by atoms with E-state index in [1.54, 1.807) is 7.11 Å². The van der Waals surface area contributed by atoms with Gasteiger partial charge in [0.2, 0.25) is 5.91 Å². The molecule has 2 aliphatic rings. The SMILES string of the molecule is COCC1CCN(C(=O)C2(C#N)CCCCC2)CC1. The molecule has 2 fully saturated rings. The van der Waals surface area contributed by atoms with E-state index in [9.17, 15) is 10.1 Å². The Morgan fingerprint density at radius 2 is 1.95 bits per heavy atom. The van der Waals surface area contributed by atoms with Crippen LogP contribution in [0.25, 0.3) is 0 Å². The summed E-state index contributed by atoms with van der Waals surface area (Å²) < 4.78 is 5.18. The van der Waals surface area contributed by atoms with Gasteiger partial charge in [-0.2, -0.15) is 5.26 Å². The standard InChI is InChI=1S/C15H24N2O2/c1-19-11-13-5-9-17(10-6-13)14(18)15(12-16)7-3-2-4-8-15/h13H,2-11H2,1H3. The summed E-state index contributed by atoms with van der Waals surface area (Å²) >= 11 is 0. The van der Waals surface area contributed by atoms with Crippen LogP contribution in [0.5, 0.6) is 0 Å². The van der Waals surface area contributed by atoms with Gasteiger partial charge in [0.25, 0.3) is 0 Å². The highest BCUT2D eigenvalue weighted by molar-refractivity contribution is 5.85. The summed E-state index contributed by atoms with van der Waals surface area (Å²) in [5.41, 5.74) is -0.716. The van der Waals surface area contributed by atoms with E-state index in [1.165, 1.54) is 0 Å². The number of piperidine rings is 1. The van der Waals surface area contributed by atoms with Crippen LogP contribution in [0.15, 0.2) is 0 Å². The molecule has 19 heavy (non-hydrogen) atoms. The van der Waals surface area contributed by atoms with Gasteiger partial charge in [-0.15, -0.1) is 0 Å². The molecule has 2 rings (SSSR count). The summed E-state index contributed by atoms with van der Waals surface area (Å²) in [4.78, 5) is 14.6. The third-order valence-corrected chi connectivity index (χ3v) is 4.63. The van der Waals surface area contributed by atoms with Crippen LogP contribution in [-0.4, -0.2) is 37.6 Å². The summed E-state index contributed by atoms with van der Waals surface area (Å²) in [5, 5.41) is 9.46. The fraction of sp³-hybridized carbons (Fsp3) is 0.867. The lowest BCUT2D eigenvalue weighted by molar-refractivity contribution is -0.142. The molecule has 1 heterocycles. The third kappa shape index (κ3) is 3.09. The van der Waals surface area contributed by atoms with Crippen molar-refractivity contribution >= 4 is 5.91 Å². The average molecular weight is 264 g/mol. The van der Waals surface area contributed by atoms with E-state index in [4.69, 9.17) is 4.74 Å². The zero-order chi connectivity index (χ0) is 13.7. The Balaban J connectivity index is 1.95. The maximum Gasteiger partial charge on any atom is 0.243 e. The number of amides is 1. The third-order valence-electron chi connectivity index (χ3n) is 4.63. The van der Waals surface area contributed by atoms with Crippen molar-refractivity contribution in [1.82, 2.24) is 4.90 Å². The van der Waals surface area contributed by atoms with E-state index in [0.717, 1.165) is 64.6 Å². The molecule has 106 valence electrons. The largest absolute Gasteiger partial charge is 0.384 e. The minimum atomic E-state index is -0.716.